The summed E-state index contributed by atoms with van der Waals surface area (Å²) in [5.41, 5.74) is 0.976. The third kappa shape index (κ3) is 4.32. The fourth-order valence-electron chi connectivity index (χ4n) is 2.66. The van der Waals surface area contributed by atoms with E-state index in [2.05, 4.69) is 22.8 Å². The van der Waals surface area contributed by atoms with E-state index < -0.39 is 0 Å². The van der Waals surface area contributed by atoms with Gasteiger partial charge in [0.15, 0.2) is 0 Å². The minimum absolute atomic E-state index is 0.0934. The third-order valence-electron chi connectivity index (χ3n) is 3.55. The first-order chi connectivity index (χ1) is 9.33. The maximum absolute atomic E-state index is 9.21. The molecule has 1 aromatic rings. The fourth-order valence-corrected chi connectivity index (χ4v) is 3.50. The van der Waals surface area contributed by atoms with Crippen molar-refractivity contribution in [3.05, 3.63) is 21.9 Å². The van der Waals surface area contributed by atoms with Gasteiger partial charge >= 0.3 is 0 Å². The smallest absolute Gasteiger partial charge is 0.104 e. The Bertz CT molecular complexity index is 440. The Morgan fingerprint density at radius 3 is 2.79 bits per heavy atom. The molecule has 4 heteroatoms. The monoisotopic (exact) mass is 279 g/mol. The highest BCUT2D eigenvalue weighted by Gasteiger charge is 2.22. The first-order valence-electron chi connectivity index (χ1n) is 6.85. The molecule has 1 aliphatic rings. The molecule has 0 spiro atoms. The van der Waals surface area contributed by atoms with E-state index in [9.17, 15) is 5.11 Å². The standard InChI is InChI=1S/C15H21NO2S/c17-8-3-4-13-10-15(19-12-13)11-16(7-9-18)14-5-1-2-6-14/h10,12,14,17-18H,1-2,5-9,11H2. The van der Waals surface area contributed by atoms with Crippen molar-refractivity contribution in [2.75, 3.05) is 19.8 Å². The van der Waals surface area contributed by atoms with Gasteiger partial charge in [-0.05, 0) is 18.9 Å². The molecule has 0 aromatic carbocycles. The lowest BCUT2D eigenvalue weighted by Crippen LogP contribution is -2.34. The maximum atomic E-state index is 9.21. The van der Waals surface area contributed by atoms with Crippen LogP contribution in [-0.4, -0.2) is 40.9 Å². The first kappa shape index (κ1) is 14.5. The average Bonchev–Trinajstić information content (AvgIpc) is 3.07. The predicted octanol–water partition coefficient (Wildman–Crippen LogP) is 1.83. The molecule has 3 nitrogen and oxygen atoms in total. The van der Waals surface area contributed by atoms with Crippen molar-refractivity contribution < 1.29 is 10.2 Å². The van der Waals surface area contributed by atoms with Crippen molar-refractivity contribution in [2.24, 2.45) is 0 Å². The highest BCUT2D eigenvalue weighted by Crippen LogP contribution is 2.26. The average molecular weight is 279 g/mol. The Hall–Kier alpha value is -0.860. The lowest BCUT2D eigenvalue weighted by molar-refractivity contribution is 0.146. The third-order valence-corrected chi connectivity index (χ3v) is 4.47. The predicted molar refractivity (Wildman–Crippen MR) is 78.0 cm³/mol. The summed E-state index contributed by atoms with van der Waals surface area (Å²) in [4.78, 5) is 3.67. The van der Waals surface area contributed by atoms with Crippen molar-refractivity contribution >= 4 is 11.3 Å². The summed E-state index contributed by atoms with van der Waals surface area (Å²) < 4.78 is 0. The summed E-state index contributed by atoms with van der Waals surface area (Å²) in [6.07, 6.45) is 5.12. The molecule has 1 aromatic heterocycles. The van der Waals surface area contributed by atoms with Crippen LogP contribution in [0.1, 0.15) is 36.1 Å². The molecule has 1 fully saturated rings. The van der Waals surface area contributed by atoms with E-state index in [4.69, 9.17) is 5.11 Å². The topological polar surface area (TPSA) is 43.7 Å². The Morgan fingerprint density at radius 1 is 1.32 bits per heavy atom. The van der Waals surface area contributed by atoms with Crippen LogP contribution in [-0.2, 0) is 6.54 Å². The number of rotatable bonds is 5. The Kier molecular flexibility index (Phi) is 5.87. The molecule has 0 bridgehead atoms. The van der Waals surface area contributed by atoms with Crippen LogP contribution in [0.3, 0.4) is 0 Å². The second-order valence-corrected chi connectivity index (χ2v) is 5.89. The van der Waals surface area contributed by atoms with Crippen molar-refractivity contribution in [1.29, 1.82) is 0 Å². The summed E-state index contributed by atoms with van der Waals surface area (Å²) in [5.74, 6) is 5.60. The van der Waals surface area contributed by atoms with Crippen LogP contribution in [0.4, 0.5) is 0 Å². The van der Waals surface area contributed by atoms with E-state index >= 15 is 0 Å². The molecule has 19 heavy (non-hydrogen) atoms. The first-order valence-corrected chi connectivity index (χ1v) is 7.73. The molecule has 1 saturated carbocycles. The molecule has 104 valence electrons. The molecule has 0 atom stereocenters. The normalized spacial score (nSPS) is 15.7. The van der Waals surface area contributed by atoms with Gasteiger partial charge in [0.2, 0.25) is 0 Å². The highest BCUT2D eigenvalue weighted by molar-refractivity contribution is 7.10. The molecule has 1 aliphatic carbocycles. The van der Waals surface area contributed by atoms with Gasteiger partial charge < -0.3 is 10.2 Å². The zero-order valence-corrected chi connectivity index (χ0v) is 12.0. The zero-order chi connectivity index (χ0) is 13.5. The molecule has 0 aliphatic heterocycles. The number of aliphatic hydroxyl groups excluding tert-OH is 2. The zero-order valence-electron chi connectivity index (χ0n) is 11.1. The summed E-state index contributed by atoms with van der Waals surface area (Å²) in [6, 6.07) is 2.72. The van der Waals surface area contributed by atoms with Crippen LogP contribution in [0.15, 0.2) is 11.4 Å². The van der Waals surface area contributed by atoms with E-state index in [0.29, 0.717) is 6.04 Å². The molecule has 0 saturated heterocycles. The number of thiophene rings is 1. The lowest BCUT2D eigenvalue weighted by atomic mass is 10.2. The summed E-state index contributed by atoms with van der Waals surface area (Å²) in [5, 5.41) is 19.9. The largest absolute Gasteiger partial charge is 0.395 e. The van der Waals surface area contributed by atoms with Gasteiger partial charge in [-0.2, -0.15) is 0 Å². The van der Waals surface area contributed by atoms with Crippen molar-refractivity contribution in [3.8, 4) is 11.8 Å². The summed E-state index contributed by atoms with van der Waals surface area (Å²) >= 11 is 1.71. The SMILES string of the molecule is OCC#Cc1csc(CN(CCO)C2CCCC2)c1. The molecule has 0 radical (unpaired) electrons. The van der Waals surface area contributed by atoms with Gasteiger partial charge in [0.1, 0.15) is 6.61 Å². The minimum Gasteiger partial charge on any atom is -0.395 e. The highest BCUT2D eigenvalue weighted by atomic mass is 32.1. The fraction of sp³-hybridized carbons (Fsp3) is 0.600. The van der Waals surface area contributed by atoms with E-state index in [-0.39, 0.29) is 13.2 Å². The number of aliphatic hydroxyl groups is 2. The van der Waals surface area contributed by atoms with Crippen LogP contribution in [0.2, 0.25) is 0 Å². The number of hydrogen-bond donors (Lipinski definition) is 2. The quantitative estimate of drug-likeness (QED) is 0.808. The second-order valence-electron chi connectivity index (χ2n) is 4.89. The van der Waals surface area contributed by atoms with Gasteiger partial charge in [0, 0.05) is 35.0 Å². The van der Waals surface area contributed by atoms with Crippen molar-refractivity contribution in [1.82, 2.24) is 4.90 Å². The van der Waals surface area contributed by atoms with Crippen LogP contribution in [0.25, 0.3) is 0 Å². The van der Waals surface area contributed by atoms with Gasteiger partial charge in [-0.25, -0.2) is 0 Å². The Labute approximate surface area is 118 Å². The van der Waals surface area contributed by atoms with E-state index in [1.54, 1.807) is 11.3 Å². The van der Waals surface area contributed by atoms with Crippen LogP contribution in [0, 0.1) is 11.8 Å². The van der Waals surface area contributed by atoms with Crippen LogP contribution >= 0.6 is 11.3 Å². The molecule has 2 N–H and O–H groups in total. The van der Waals surface area contributed by atoms with Crippen LogP contribution < -0.4 is 0 Å². The lowest BCUT2D eigenvalue weighted by Gasteiger charge is -2.27. The van der Waals surface area contributed by atoms with Crippen LogP contribution in [0.5, 0.6) is 0 Å². The summed E-state index contributed by atoms with van der Waals surface area (Å²) in [6.45, 7) is 1.78. The molecular formula is C15H21NO2S. The van der Waals surface area contributed by atoms with E-state index in [1.165, 1.54) is 30.6 Å². The molecule has 1 heterocycles. The van der Waals surface area contributed by atoms with Gasteiger partial charge in [-0.15, -0.1) is 11.3 Å². The second kappa shape index (κ2) is 7.66. The van der Waals surface area contributed by atoms with E-state index in [0.717, 1.165) is 18.7 Å². The van der Waals surface area contributed by atoms with Gasteiger partial charge in [-0.1, -0.05) is 24.7 Å². The molecule has 2 rings (SSSR count). The maximum Gasteiger partial charge on any atom is 0.104 e. The van der Waals surface area contributed by atoms with Gasteiger partial charge in [0.05, 0.1) is 6.61 Å². The molecular weight excluding hydrogens is 258 g/mol. The van der Waals surface area contributed by atoms with Crippen molar-refractivity contribution in [2.45, 2.75) is 38.3 Å². The van der Waals surface area contributed by atoms with Crippen molar-refractivity contribution in [3.63, 3.8) is 0 Å². The Morgan fingerprint density at radius 2 is 2.11 bits per heavy atom. The number of nitrogens with zero attached hydrogens (tertiary/aromatic N) is 1. The minimum atomic E-state index is -0.0934. The molecule has 0 amide bonds. The number of hydrogen-bond acceptors (Lipinski definition) is 4. The Balaban J connectivity index is 1.97. The van der Waals surface area contributed by atoms with E-state index in [1.807, 2.05) is 5.38 Å². The summed E-state index contributed by atoms with van der Waals surface area (Å²) in [7, 11) is 0. The van der Waals surface area contributed by atoms with Gasteiger partial charge in [0.25, 0.3) is 0 Å². The van der Waals surface area contributed by atoms with Gasteiger partial charge in [-0.3, -0.25) is 4.90 Å². The molecule has 0 unspecified atom stereocenters.